The normalized spacial score (nSPS) is 22.4. The zero-order valence-electron chi connectivity index (χ0n) is 12.0. The summed E-state index contributed by atoms with van der Waals surface area (Å²) in [4.78, 5) is 2.25. The van der Waals surface area contributed by atoms with E-state index in [4.69, 9.17) is 5.11 Å². The molecule has 0 spiro atoms. The van der Waals surface area contributed by atoms with E-state index in [2.05, 4.69) is 35.9 Å². The highest BCUT2D eigenvalue weighted by atomic mass is 16.3. The van der Waals surface area contributed by atoms with Crippen molar-refractivity contribution in [1.29, 1.82) is 0 Å². The molecular formula is C17H23NO2. The summed E-state index contributed by atoms with van der Waals surface area (Å²) in [7, 11) is 2.08. The van der Waals surface area contributed by atoms with E-state index in [-0.39, 0.29) is 18.8 Å². The molecule has 0 bridgehead atoms. The Morgan fingerprint density at radius 2 is 1.90 bits per heavy atom. The van der Waals surface area contributed by atoms with Crippen LogP contribution in [0.3, 0.4) is 0 Å². The summed E-state index contributed by atoms with van der Waals surface area (Å²) >= 11 is 0. The first-order valence-corrected chi connectivity index (χ1v) is 7.27. The van der Waals surface area contributed by atoms with Gasteiger partial charge < -0.3 is 10.2 Å². The van der Waals surface area contributed by atoms with Gasteiger partial charge in [-0.05, 0) is 37.6 Å². The van der Waals surface area contributed by atoms with Gasteiger partial charge in [-0.3, -0.25) is 4.90 Å². The standard InChI is InChI=1S/C17H23NO2/c1-18(16-6-2-3-7-17(16)20)13-15-10-8-14(9-11-15)5-4-12-19/h8-11,16-17,19-20H,2-3,6-7,12-13H2,1H3. The van der Waals surface area contributed by atoms with Crippen LogP contribution in [0.25, 0.3) is 0 Å². The summed E-state index contributed by atoms with van der Waals surface area (Å²) < 4.78 is 0. The third-order valence-corrected chi connectivity index (χ3v) is 3.96. The topological polar surface area (TPSA) is 43.7 Å². The molecule has 20 heavy (non-hydrogen) atoms. The number of benzene rings is 1. The monoisotopic (exact) mass is 273 g/mol. The minimum atomic E-state index is -0.191. The highest BCUT2D eigenvalue weighted by molar-refractivity contribution is 5.36. The molecule has 1 aromatic rings. The second-order valence-electron chi connectivity index (χ2n) is 5.49. The fourth-order valence-corrected chi connectivity index (χ4v) is 2.85. The van der Waals surface area contributed by atoms with Crippen LogP contribution in [0.1, 0.15) is 36.8 Å². The second-order valence-corrected chi connectivity index (χ2v) is 5.49. The highest BCUT2D eigenvalue weighted by Gasteiger charge is 2.26. The number of hydrogen-bond donors (Lipinski definition) is 2. The largest absolute Gasteiger partial charge is 0.391 e. The zero-order chi connectivity index (χ0) is 14.4. The Morgan fingerprint density at radius 1 is 1.20 bits per heavy atom. The average Bonchev–Trinajstić information content (AvgIpc) is 2.47. The first-order valence-electron chi connectivity index (χ1n) is 7.27. The average molecular weight is 273 g/mol. The van der Waals surface area contributed by atoms with Crippen LogP contribution >= 0.6 is 0 Å². The second kappa shape index (κ2) is 7.44. The molecule has 3 heteroatoms. The quantitative estimate of drug-likeness (QED) is 0.825. The van der Waals surface area contributed by atoms with Crippen molar-refractivity contribution in [3.05, 3.63) is 35.4 Å². The SMILES string of the molecule is CN(Cc1ccc(C#CCO)cc1)C1CCCCC1O. The van der Waals surface area contributed by atoms with E-state index in [0.29, 0.717) is 0 Å². The van der Waals surface area contributed by atoms with Crippen LogP contribution in [-0.4, -0.2) is 40.9 Å². The van der Waals surface area contributed by atoms with Crippen molar-refractivity contribution >= 4 is 0 Å². The van der Waals surface area contributed by atoms with Crippen LogP contribution in [-0.2, 0) is 6.54 Å². The van der Waals surface area contributed by atoms with E-state index in [1.54, 1.807) is 0 Å². The lowest BCUT2D eigenvalue weighted by molar-refractivity contribution is 0.0288. The molecule has 0 aliphatic heterocycles. The van der Waals surface area contributed by atoms with E-state index in [9.17, 15) is 5.11 Å². The van der Waals surface area contributed by atoms with Crippen LogP contribution in [0.2, 0.25) is 0 Å². The van der Waals surface area contributed by atoms with Gasteiger partial charge in [0.15, 0.2) is 0 Å². The van der Waals surface area contributed by atoms with E-state index >= 15 is 0 Å². The van der Waals surface area contributed by atoms with Gasteiger partial charge in [-0.25, -0.2) is 0 Å². The number of aliphatic hydroxyl groups is 2. The van der Waals surface area contributed by atoms with Crippen molar-refractivity contribution in [1.82, 2.24) is 4.90 Å². The maximum absolute atomic E-state index is 10.1. The van der Waals surface area contributed by atoms with Gasteiger partial charge in [0.2, 0.25) is 0 Å². The summed E-state index contributed by atoms with van der Waals surface area (Å²) in [5.74, 6) is 5.54. The molecule has 2 unspecified atom stereocenters. The Kier molecular flexibility index (Phi) is 5.60. The Hall–Kier alpha value is -1.34. The summed E-state index contributed by atoms with van der Waals surface area (Å²) in [6.07, 6.45) is 4.16. The predicted octanol–water partition coefficient (Wildman–Crippen LogP) is 1.77. The number of hydrogen-bond acceptors (Lipinski definition) is 3. The van der Waals surface area contributed by atoms with E-state index in [1.807, 2.05) is 12.1 Å². The van der Waals surface area contributed by atoms with E-state index in [0.717, 1.165) is 31.4 Å². The van der Waals surface area contributed by atoms with Gasteiger partial charge in [-0.1, -0.05) is 36.8 Å². The molecule has 0 aromatic heterocycles. The van der Waals surface area contributed by atoms with E-state index in [1.165, 1.54) is 12.0 Å². The zero-order valence-corrected chi connectivity index (χ0v) is 12.0. The molecule has 2 atom stereocenters. The smallest absolute Gasteiger partial charge is 0.104 e. The molecule has 2 rings (SSSR count). The molecule has 0 saturated heterocycles. The van der Waals surface area contributed by atoms with Gasteiger partial charge in [0.1, 0.15) is 6.61 Å². The summed E-state index contributed by atoms with van der Waals surface area (Å²) in [6.45, 7) is 0.736. The molecule has 108 valence electrons. The highest BCUT2D eigenvalue weighted by Crippen LogP contribution is 2.23. The molecule has 0 heterocycles. The van der Waals surface area contributed by atoms with Crippen molar-refractivity contribution in [3.63, 3.8) is 0 Å². The van der Waals surface area contributed by atoms with Crippen LogP contribution in [0.15, 0.2) is 24.3 Å². The molecule has 2 N–H and O–H groups in total. The number of nitrogens with zero attached hydrogens (tertiary/aromatic N) is 1. The van der Waals surface area contributed by atoms with Gasteiger partial charge in [0.25, 0.3) is 0 Å². The predicted molar refractivity (Wildman–Crippen MR) is 80.1 cm³/mol. The van der Waals surface area contributed by atoms with Gasteiger partial charge in [-0.15, -0.1) is 0 Å². The van der Waals surface area contributed by atoms with Crippen LogP contribution in [0.5, 0.6) is 0 Å². The number of aliphatic hydroxyl groups excluding tert-OH is 2. The number of rotatable bonds is 3. The fourth-order valence-electron chi connectivity index (χ4n) is 2.85. The molecule has 0 radical (unpaired) electrons. The molecule has 1 saturated carbocycles. The Balaban J connectivity index is 1.95. The van der Waals surface area contributed by atoms with Crippen molar-refractivity contribution in [3.8, 4) is 11.8 Å². The number of likely N-dealkylation sites (N-methyl/N-ethyl adjacent to an activating group) is 1. The maximum Gasteiger partial charge on any atom is 0.104 e. The molecular weight excluding hydrogens is 250 g/mol. The summed E-state index contributed by atoms with van der Waals surface area (Å²) in [5.41, 5.74) is 2.14. The molecule has 1 fully saturated rings. The van der Waals surface area contributed by atoms with E-state index < -0.39 is 0 Å². The third kappa shape index (κ3) is 4.08. The Bertz CT molecular complexity index is 472. The van der Waals surface area contributed by atoms with Gasteiger partial charge in [-0.2, -0.15) is 0 Å². The Morgan fingerprint density at radius 3 is 2.55 bits per heavy atom. The van der Waals surface area contributed by atoms with Crippen molar-refractivity contribution in [2.45, 2.75) is 44.4 Å². The molecule has 1 aliphatic carbocycles. The lowest BCUT2D eigenvalue weighted by Gasteiger charge is -2.35. The minimum Gasteiger partial charge on any atom is -0.391 e. The van der Waals surface area contributed by atoms with Crippen molar-refractivity contribution < 1.29 is 10.2 Å². The first-order chi connectivity index (χ1) is 9.70. The molecule has 1 aliphatic rings. The first kappa shape index (κ1) is 15.1. The molecule has 3 nitrogen and oxygen atoms in total. The van der Waals surface area contributed by atoms with Crippen LogP contribution in [0.4, 0.5) is 0 Å². The summed E-state index contributed by atoms with van der Waals surface area (Å²) in [6, 6.07) is 8.35. The van der Waals surface area contributed by atoms with Gasteiger partial charge in [0, 0.05) is 18.2 Å². The lowest BCUT2D eigenvalue weighted by atomic mass is 9.91. The van der Waals surface area contributed by atoms with Gasteiger partial charge >= 0.3 is 0 Å². The van der Waals surface area contributed by atoms with Gasteiger partial charge in [0.05, 0.1) is 6.10 Å². The lowest BCUT2D eigenvalue weighted by Crippen LogP contribution is -2.42. The third-order valence-electron chi connectivity index (χ3n) is 3.96. The van der Waals surface area contributed by atoms with Crippen LogP contribution in [0, 0.1) is 11.8 Å². The van der Waals surface area contributed by atoms with Crippen molar-refractivity contribution in [2.24, 2.45) is 0 Å². The maximum atomic E-state index is 10.1. The van der Waals surface area contributed by atoms with Crippen molar-refractivity contribution in [2.75, 3.05) is 13.7 Å². The van der Waals surface area contributed by atoms with Crippen LogP contribution < -0.4 is 0 Å². The fraction of sp³-hybridized carbons (Fsp3) is 0.529. The molecule has 0 amide bonds. The molecule has 1 aromatic carbocycles. The minimum absolute atomic E-state index is 0.107. The Labute approximate surface area is 121 Å². The summed E-state index contributed by atoms with van der Waals surface area (Å²) in [5, 5.41) is 18.7.